The summed E-state index contributed by atoms with van der Waals surface area (Å²) >= 11 is 0. The van der Waals surface area contributed by atoms with Crippen LogP contribution in [0.3, 0.4) is 0 Å². The van der Waals surface area contributed by atoms with Gasteiger partial charge in [-0.2, -0.15) is 0 Å². The summed E-state index contributed by atoms with van der Waals surface area (Å²) in [5.41, 5.74) is 1.47. The molecule has 2 amide bonds. The average molecular weight is 346 g/mol. The maximum atomic E-state index is 12.4. The molecule has 0 aliphatic heterocycles. The van der Waals surface area contributed by atoms with Gasteiger partial charge >= 0.3 is 6.03 Å². The lowest BCUT2D eigenvalue weighted by molar-refractivity contribution is 0.123. The van der Waals surface area contributed by atoms with E-state index in [1.807, 2.05) is 18.2 Å². The van der Waals surface area contributed by atoms with Gasteiger partial charge in [0.1, 0.15) is 0 Å². The summed E-state index contributed by atoms with van der Waals surface area (Å²) in [6.45, 7) is 7.50. The second-order valence-electron chi connectivity index (χ2n) is 8.18. The molecule has 25 heavy (non-hydrogen) atoms. The minimum Gasteiger partial charge on any atom is -0.493 e. The molecule has 0 saturated heterocycles. The van der Waals surface area contributed by atoms with E-state index in [4.69, 9.17) is 9.47 Å². The number of fused-ring (bicyclic) bond motifs is 2. The monoisotopic (exact) mass is 346 g/mol. The lowest BCUT2D eigenvalue weighted by Gasteiger charge is -2.39. The van der Waals surface area contributed by atoms with Gasteiger partial charge in [0.25, 0.3) is 0 Å². The van der Waals surface area contributed by atoms with E-state index in [-0.39, 0.29) is 17.5 Å². The Bertz CT molecular complexity index is 658. The van der Waals surface area contributed by atoms with Gasteiger partial charge < -0.3 is 20.1 Å². The zero-order chi connectivity index (χ0) is 18.2. The smallest absolute Gasteiger partial charge is 0.315 e. The van der Waals surface area contributed by atoms with Crippen molar-refractivity contribution >= 4 is 6.03 Å². The first-order valence-electron chi connectivity index (χ1n) is 9.07. The fourth-order valence-corrected chi connectivity index (χ4v) is 4.80. The van der Waals surface area contributed by atoms with Gasteiger partial charge in [-0.3, -0.25) is 0 Å². The molecule has 138 valence electrons. The summed E-state index contributed by atoms with van der Waals surface area (Å²) in [6, 6.07) is 5.84. The molecule has 2 aliphatic rings. The number of hydrogen-bond donors (Lipinski definition) is 2. The van der Waals surface area contributed by atoms with E-state index in [1.54, 1.807) is 14.2 Å². The van der Waals surface area contributed by atoms with Crippen molar-refractivity contribution in [3.8, 4) is 11.5 Å². The summed E-state index contributed by atoms with van der Waals surface area (Å²) in [6.07, 6.45) is 3.58. The zero-order valence-electron chi connectivity index (χ0n) is 15.9. The Morgan fingerprint density at radius 3 is 2.48 bits per heavy atom. The number of methoxy groups -OCH3 is 2. The normalized spacial score (nSPS) is 29.3. The molecule has 0 heterocycles. The predicted molar refractivity (Wildman–Crippen MR) is 97.9 cm³/mol. The Labute approximate surface area is 150 Å². The van der Waals surface area contributed by atoms with Crippen LogP contribution in [0.25, 0.3) is 0 Å². The van der Waals surface area contributed by atoms with Crippen LogP contribution in [0.5, 0.6) is 11.5 Å². The number of benzene rings is 1. The fourth-order valence-electron chi connectivity index (χ4n) is 4.80. The van der Waals surface area contributed by atoms with Crippen LogP contribution in [0.1, 0.15) is 45.6 Å². The van der Waals surface area contributed by atoms with Crippen molar-refractivity contribution in [2.45, 2.75) is 52.6 Å². The molecule has 2 fully saturated rings. The maximum absolute atomic E-state index is 12.4. The van der Waals surface area contributed by atoms with Crippen molar-refractivity contribution in [3.05, 3.63) is 23.8 Å². The van der Waals surface area contributed by atoms with Crippen molar-refractivity contribution in [3.63, 3.8) is 0 Å². The Balaban J connectivity index is 1.58. The third kappa shape index (κ3) is 2.94. The van der Waals surface area contributed by atoms with Gasteiger partial charge in [-0.15, -0.1) is 0 Å². The molecule has 2 N–H and O–H groups in total. The van der Waals surface area contributed by atoms with E-state index in [9.17, 15) is 4.79 Å². The molecule has 5 heteroatoms. The number of ether oxygens (including phenoxy) is 2. The Hall–Kier alpha value is -1.91. The van der Waals surface area contributed by atoms with E-state index >= 15 is 0 Å². The van der Waals surface area contributed by atoms with Gasteiger partial charge in [0, 0.05) is 12.6 Å². The molecule has 2 bridgehead atoms. The lowest BCUT2D eigenvalue weighted by atomic mass is 9.69. The molecule has 1 aromatic rings. The molecule has 0 radical (unpaired) electrons. The van der Waals surface area contributed by atoms with Crippen molar-refractivity contribution in [1.29, 1.82) is 0 Å². The fraction of sp³-hybridized carbons (Fsp3) is 0.650. The summed E-state index contributed by atoms with van der Waals surface area (Å²) in [7, 11) is 3.22. The quantitative estimate of drug-likeness (QED) is 0.854. The van der Waals surface area contributed by atoms with Crippen LogP contribution in [-0.4, -0.2) is 26.3 Å². The van der Waals surface area contributed by atoms with E-state index in [1.165, 1.54) is 12.8 Å². The highest BCUT2D eigenvalue weighted by molar-refractivity contribution is 5.74. The molecule has 1 aromatic carbocycles. The molecule has 3 rings (SSSR count). The van der Waals surface area contributed by atoms with Gasteiger partial charge in [0.15, 0.2) is 11.5 Å². The number of urea groups is 1. The second-order valence-corrected chi connectivity index (χ2v) is 8.18. The van der Waals surface area contributed by atoms with Crippen molar-refractivity contribution < 1.29 is 14.3 Å². The Kier molecular flexibility index (Phi) is 4.60. The van der Waals surface area contributed by atoms with Crippen LogP contribution in [0, 0.1) is 16.7 Å². The van der Waals surface area contributed by atoms with Crippen LogP contribution in [0.4, 0.5) is 4.79 Å². The van der Waals surface area contributed by atoms with Gasteiger partial charge in [-0.05, 0) is 53.7 Å². The number of carbonyl (C=O) groups excluding carboxylic acids is 1. The highest BCUT2D eigenvalue weighted by Gasteiger charge is 2.61. The minimum atomic E-state index is -0.0932. The molecule has 3 atom stereocenters. The van der Waals surface area contributed by atoms with Gasteiger partial charge in [-0.1, -0.05) is 26.8 Å². The molecular formula is C20H30N2O3. The Morgan fingerprint density at radius 1 is 1.20 bits per heavy atom. The highest BCUT2D eigenvalue weighted by atomic mass is 16.5. The van der Waals surface area contributed by atoms with Crippen LogP contribution in [-0.2, 0) is 6.54 Å². The van der Waals surface area contributed by atoms with Gasteiger partial charge in [0.05, 0.1) is 14.2 Å². The number of amides is 2. The first-order valence-corrected chi connectivity index (χ1v) is 9.07. The zero-order valence-corrected chi connectivity index (χ0v) is 15.9. The lowest BCUT2D eigenvalue weighted by Crippen LogP contribution is -2.49. The standard InChI is InChI=1S/C20H30N2O3/c1-19(2)14-8-9-20(19,3)17(11-14)22-18(23)21-12-13-6-7-15(24-4)16(10-13)25-5/h6-7,10,14,17H,8-9,11-12H2,1-5H3,(H2,21,22,23)/t14-,17-,20-/m1/s1. The third-order valence-corrected chi connectivity index (χ3v) is 7.00. The number of hydrogen-bond acceptors (Lipinski definition) is 3. The average Bonchev–Trinajstić information content (AvgIpc) is 2.93. The van der Waals surface area contributed by atoms with Gasteiger partial charge in [-0.25, -0.2) is 4.79 Å². The molecule has 5 nitrogen and oxygen atoms in total. The number of carbonyl (C=O) groups is 1. The van der Waals surface area contributed by atoms with E-state index in [0.717, 1.165) is 12.0 Å². The minimum absolute atomic E-state index is 0.0932. The largest absolute Gasteiger partial charge is 0.493 e. The molecule has 0 unspecified atom stereocenters. The second kappa shape index (κ2) is 6.43. The topological polar surface area (TPSA) is 59.6 Å². The van der Waals surface area contributed by atoms with Crippen molar-refractivity contribution in [2.24, 2.45) is 16.7 Å². The number of nitrogens with one attached hydrogen (secondary N) is 2. The van der Waals surface area contributed by atoms with E-state index < -0.39 is 0 Å². The van der Waals surface area contributed by atoms with Crippen LogP contribution in [0.2, 0.25) is 0 Å². The number of rotatable bonds is 5. The van der Waals surface area contributed by atoms with Crippen molar-refractivity contribution in [2.75, 3.05) is 14.2 Å². The molecule has 0 spiro atoms. The first kappa shape index (κ1) is 17.9. The molecular weight excluding hydrogens is 316 g/mol. The summed E-state index contributed by atoms with van der Waals surface area (Å²) in [5, 5.41) is 6.19. The molecule has 0 aromatic heterocycles. The van der Waals surface area contributed by atoms with Crippen LogP contribution < -0.4 is 20.1 Å². The molecule has 2 saturated carbocycles. The Morgan fingerprint density at radius 2 is 1.92 bits per heavy atom. The SMILES string of the molecule is COc1ccc(CNC(=O)N[C@@H]2C[C@H]3CC[C@@]2(C)C3(C)C)cc1OC. The molecule has 2 aliphatic carbocycles. The summed E-state index contributed by atoms with van der Waals surface area (Å²) in [5.74, 6) is 2.08. The highest BCUT2D eigenvalue weighted by Crippen LogP contribution is 2.65. The third-order valence-electron chi connectivity index (χ3n) is 7.00. The summed E-state index contributed by atoms with van der Waals surface area (Å²) < 4.78 is 10.5. The van der Waals surface area contributed by atoms with Crippen LogP contribution in [0.15, 0.2) is 18.2 Å². The maximum Gasteiger partial charge on any atom is 0.315 e. The van der Waals surface area contributed by atoms with Crippen molar-refractivity contribution in [1.82, 2.24) is 10.6 Å². The van der Waals surface area contributed by atoms with E-state index in [2.05, 4.69) is 31.4 Å². The van der Waals surface area contributed by atoms with E-state index in [0.29, 0.717) is 29.4 Å². The predicted octanol–water partition coefficient (Wildman–Crippen LogP) is 3.72. The first-order chi connectivity index (χ1) is 11.8. The van der Waals surface area contributed by atoms with Gasteiger partial charge in [0.2, 0.25) is 0 Å². The van der Waals surface area contributed by atoms with Crippen LogP contribution >= 0.6 is 0 Å². The summed E-state index contributed by atoms with van der Waals surface area (Å²) in [4.78, 5) is 12.4.